The third kappa shape index (κ3) is 4.03. The van der Waals surface area contributed by atoms with Crippen LogP contribution >= 0.6 is 0 Å². The first-order valence-electron chi connectivity index (χ1n) is 4.68. The lowest BCUT2D eigenvalue weighted by Gasteiger charge is -2.06. The summed E-state index contributed by atoms with van der Waals surface area (Å²) in [6.07, 6.45) is 1.42. The van der Waals surface area contributed by atoms with Crippen molar-refractivity contribution < 1.29 is 13.2 Å². The summed E-state index contributed by atoms with van der Waals surface area (Å²) in [6, 6.07) is 1.84. The largest absolute Gasteiger partial charge is 0.383 e. The van der Waals surface area contributed by atoms with Gasteiger partial charge in [0.15, 0.2) is 5.82 Å². The van der Waals surface area contributed by atoms with Crippen molar-refractivity contribution in [2.75, 3.05) is 25.0 Å². The summed E-state index contributed by atoms with van der Waals surface area (Å²) in [4.78, 5) is 0. The van der Waals surface area contributed by atoms with Crippen LogP contribution in [0, 0.1) is 11.3 Å². The van der Waals surface area contributed by atoms with Crippen LogP contribution in [-0.4, -0.2) is 38.5 Å². The molecule has 2 N–H and O–H groups in total. The van der Waals surface area contributed by atoms with Gasteiger partial charge in [0, 0.05) is 26.9 Å². The number of ether oxygens (including phenoxy) is 1. The van der Waals surface area contributed by atoms with Crippen molar-refractivity contribution in [2.45, 2.75) is 0 Å². The molecule has 1 aromatic heterocycles. The van der Waals surface area contributed by atoms with Gasteiger partial charge in [-0.25, -0.2) is 0 Å². The van der Waals surface area contributed by atoms with Gasteiger partial charge in [0.2, 0.25) is 0 Å². The van der Waals surface area contributed by atoms with Crippen LogP contribution in [0.1, 0.15) is 5.56 Å². The van der Waals surface area contributed by atoms with E-state index in [9.17, 15) is 8.42 Å². The average molecular weight is 259 g/mol. The van der Waals surface area contributed by atoms with Crippen LogP contribution in [-0.2, 0) is 22.0 Å². The topological polar surface area (TPSA) is 109 Å². The van der Waals surface area contributed by atoms with E-state index in [0.29, 0.717) is 0 Å². The Hall–Kier alpha value is -1.63. The molecule has 0 atom stereocenters. The van der Waals surface area contributed by atoms with E-state index in [1.807, 2.05) is 6.07 Å². The summed E-state index contributed by atoms with van der Waals surface area (Å²) < 4.78 is 33.5. The standard InChI is InChI=1S/C8H13N5O3S/c1-13-6-7(5-9)8(11-13)12-17(14,15)10-3-4-16-2/h6,10H,3-4H2,1-2H3,(H,11,12). The van der Waals surface area contributed by atoms with Crippen LogP contribution in [0.5, 0.6) is 0 Å². The fourth-order valence-electron chi connectivity index (χ4n) is 1.09. The SMILES string of the molecule is COCCNS(=O)(=O)Nc1nn(C)cc1C#N. The summed E-state index contributed by atoms with van der Waals surface area (Å²) >= 11 is 0. The molecule has 0 saturated carbocycles. The number of methoxy groups -OCH3 is 1. The number of anilines is 1. The third-order valence-corrected chi connectivity index (χ3v) is 2.82. The molecule has 94 valence electrons. The van der Waals surface area contributed by atoms with Crippen molar-refractivity contribution >= 4 is 16.0 Å². The van der Waals surface area contributed by atoms with Crippen molar-refractivity contribution in [3.8, 4) is 6.07 Å². The molecule has 0 aliphatic rings. The molecule has 1 aromatic rings. The van der Waals surface area contributed by atoms with Gasteiger partial charge < -0.3 is 4.74 Å². The zero-order chi connectivity index (χ0) is 12.9. The van der Waals surface area contributed by atoms with Crippen LogP contribution in [0.2, 0.25) is 0 Å². The van der Waals surface area contributed by atoms with Crippen LogP contribution < -0.4 is 9.44 Å². The van der Waals surface area contributed by atoms with Gasteiger partial charge in [-0.15, -0.1) is 0 Å². The summed E-state index contributed by atoms with van der Waals surface area (Å²) in [6.45, 7) is 0.398. The first-order valence-corrected chi connectivity index (χ1v) is 6.17. The van der Waals surface area contributed by atoms with Gasteiger partial charge in [-0.3, -0.25) is 9.40 Å². The molecular weight excluding hydrogens is 246 g/mol. The lowest BCUT2D eigenvalue weighted by atomic mass is 10.4. The van der Waals surface area contributed by atoms with Crippen molar-refractivity contribution in [2.24, 2.45) is 7.05 Å². The molecule has 0 amide bonds. The molecule has 0 aliphatic heterocycles. The number of nitrogens with one attached hydrogen (secondary N) is 2. The smallest absolute Gasteiger partial charge is 0.300 e. The van der Waals surface area contributed by atoms with E-state index in [4.69, 9.17) is 10.00 Å². The molecule has 1 rings (SSSR count). The number of rotatable bonds is 6. The predicted molar refractivity (Wildman–Crippen MR) is 60.3 cm³/mol. The molecule has 0 aliphatic carbocycles. The molecule has 0 bridgehead atoms. The highest BCUT2D eigenvalue weighted by atomic mass is 32.2. The fraction of sp³-hybridized carbons (Fsp3) is 0.500. The van der Waals surface area contributed by atoms with Crippen LogP contribution in [0.4, 0.5) is 5.82 Å². The summed E-state index contributed by atoms with van der Waals surface area (Å²) in [5.74, 6) is -0.0000770. The Balaban J connectivity index is 2.73. The maximum absolute atomic E-state index is 11.5. The van der Waals surface area contributed by atoms with Gasteiger partial charge >= 0.3 is 0 Å². The highest BCUT2D eigenvalue weighted by molar-refractivity contribution is 7.90. The molecule has 0 unspecified atom stereocenters. The number of aryl methyl sites for hydroxylation is 1. The molecule has 9 heteroatoms. The lowest BCUT2D eigenvalue weighted by Crippen LogP contribution is -2.33. The summed E-state index contributed by atoms with van der Waals surface area (Å²) in [5.41, 5.74) is 0.157. The van der Waals surface area contributed by atoms with Crippen LogP contribution in [0.15, 0.2) is 6.20 Å². The Kier molecular flexibility index (Phi) is 4.45. The van der Waals surface area contributed by atoms with E-state index >= 15 is 0 Å². The first-order chi connectivity index (χ1) is 7.98. The number of hydrogen-bond donors (Lipinski definition) is 2. The minimum Gasteiger partial charge on any atom is -0.383 e. The average Bonchev–Trinajstić information content (AvgIpc) is 2.58. The maximum atomic E-state index is 11.5. The zero-order valence-corrected chi connectivity index (χ0v) is 10.3. The quantitative estimate of drug-likeness (QED) is 0.649. The van der Waals surface area contributed by atoms with Gasteiger partial charge in [-0.1, -0.05) is 0 Å². The highest BCUT2D eigenvalue weighted by Gasteiger charge is 2.14. The van der Waals surface area contributed by atoms with E-state index in [-0.39, 0.29) is 24.5 Å². The normalized spacial score (nSPS) is 11.1. The minimum absolute atomic E-state index is 0.0000770. The Morgan fingerprint density at radius 3 is 2.94 bits per heavy atom. The van der Waals surface area contributed by atoms with E-state index in [1.165, 1.54) is 18.0 Å². The van der Waals surface area contributed by atoms with E-state index < -0.39 is 10.2 Å². The van der Waals surface area contributed by atoms with Gasteiger partial charge in [0.05, 0.1) is 6.61 Å². The van der Waals surface area contributed by atoms with Crippen LogP contribution in [0.25, 0.3) is 0 Å². The second-order valence-corrected chi connectivity index (χ2v) is 4.67. The highest BCUT2D eigenvalue weighted by Crippen LogP contribution is 2.11. The molecule has 0 saturated heterocycles. The second-order valence-electron chi connectivity index (χ2n) is 3.17. The lowest BCUT2D eigenvalue weighted by molar-refractivity contribution is 0.204. The van der Waals surface area contributed by atoms with Gasteiger partial charge in [0.25, 0.3) is 10.2 Å². The molecule has 1 heterocycles. The predicted octanol–water partition coefficient (Wildman–Crippen LogP) is -0.816. The Bertz CT molecular complexity index is 516. The monoisotopic (exact) mass is 259 g/mol. The third-order valence-electron chi connectivity index (χ3n) is 1.78. The minimum atomic E-state index is -3.73. The Morgan fingerprint density at radius 1 is 1.65 bits per heavy atom. The number of nitrogens with zero attached hydrogens (tertiary/aromatic N) is 3. The maximum Gasteiger partial charge on any atom is 0.300 e. The summed E-state index contributed by atoms with van der Waals surface area (Å²) in [7, 11) is -0.672. The van der Waals surface area contributed by atoms with E-state index in [2.05, 4.69) is 14.5 Å². The second kappa shape index (κ2) is 5.62. The van der Waals surface area contributed by atoms with Gasteiger partial charge in [0.1, 0.15) is 11.6 Å². The number of hydrogen-bond acceptors (Lipinski definition) is 5. The molecule has 0 fully saturated rings. The first kappa shape index (κ1) is 13.4. The zero-order valence-electron chi connectivity index (χ0n) is 9.47. The van der Waals surface area contributed by atoms with E-state index in [1.54, 1.807) is 7.05 Å². The molecule has 0 radical (unpaired) electrons. The molecular formula is C8H13N5O3S. The number of nitriles is 1. The molecule has 17 heavy (non-hydrogen) atoms. The number of aromatic nitrogens is 2. The van der Waals surface area contributed by atoms with Gasteiger partial charge in [-0.05, 0) is 0 Å². The molecule has 0 aromatic carbocycles. The Labute approximate surface area is 99.4 Å². The van der Waals surface area contributed by atoms with E-state index in [0.717, 1.165) is 0 Å². The van der Waals surface area contributed by atoms with Crippen molar-refractivity contribution in [1.82, 2.24) is 14.5 Å². The molecule has 0 spiro atoms. The summed E-state index contributed by atoms with van der Waals surface area (Å²) in [5, 5.41) is 12.6. The molecule has 8 nitrogen and oxygen atoms in total. The van der Waals surface area contributed by atoms with Crippen molar-refractivity contribution in [3.05, 3.63) is 11.8 Å². The van der Waals surface area contributed by atoms with Crippen molar-refractivity contribution in [3.63, 3.8) is 0 Å². The van der Waals surface area contributed by atoms with Crippen LogP contribution in [0.3, 0.4) is 0 Å². The Morgan fingerprint density at radius 2 is 2.35 bits per heavy atom. The fourth-order valence-corrected chi connectivity index (χ4v) is 1.92. The van der Waals surface area contributed by atoms with Crippen molar-refractivity contribution in [1.29, 1.82) is 5.26 Å². The van der Waals surface area contributed by atoms with Gasteiger partial charge in [-0.2, -0.15) is 23.5 Å².